The van der Waals surface area contributed by atoms with Crippen molar-refractivity contribution in [2.75, 3.05) is 18.4 Å². The quantitative estimate of drug-likeness (QED) is 0.470. The third-order valence-corrected chi connectivity index (χ3v) is 4.49. The monoisotopic (exact) mass is 357 g/mol. The molecule has 8 nitrogen and oxygen atoms in total. The zero-order chi connectivity index (χ0) is 18.8. The minimum atomic E-state index is -0.968. The Hall–Kier alpha value is -3.03. The fraction of sp³-hybridized carbons (Fsp3) is 0.389. The topological polar surface area (TPSA) is 104 Å². The molecule has 0 radical (unpaired) electrons. The van der Waals surface area contributed by atoms with Crippen LogP contribution in [0.5, 0.6) is 0 Å². The van der Waals surface area contributed by atoms with E-state index in [2.05, 4.69) is 5.32 Å². The average Bonchev–Trinajstić information content (AvgIpc) is 2.83. The van der Waals surface area contributed by atoms with Gasteiger partial charge >= 0.3 is 17.8 Å². The van der Waals surface area contributed by atoms with E-state index in [1.54, 1.807) is 12.1 Å². The molecule has 1 N–H and O–H groups in total. The number of anilines is 1. The van der Waals surface area contributed by atoms with Crippen LogP contribution in [0.15, 0.2) is 18.2 Å². The Morgan fingerprint density at radius 3 is 2.54 bits per heavy atom. The summed E-state index contributed by atoms with van der Waals surface area (Å²) in [4.78, 5) is 61.7. The van der Waals surface area contributed by atoms with E-state index >= 15 is 0 Å². The van der Waals surface area contributed by atoms with Crippen molar-refractivity contribution in [3.63, 3.8) is 0 Å². The third kappa shape index (κ3) is 3.22. The van der Waals surface area contributed by atoms with Crippen LogP contribution in [0, 0.1) is 0 Å². The largest absolute Gasteiger partial charge is 0.334 e. The number of urea groups is 1. The molecule has 0 spiro atoms. The molecule has 0 aromatic heterocycles. The van der Waals surface area contributed by atoms with Crippen LogP contribution in [0.4, 0.5) is 10.5 Å². The van der Waals surface area contributed by atoms with Crippen molar-refractivity contribution in [3.8, 4) is 0 Å². The van der Waals surface area contributed by atoms with E-state index in [1.807, 2.05) is 6.92 Å². The molecule has 1 aromatic carbocycles. The van der Waals surface area contributed by atoms with Crippen molar-refractivity contribution in [1.82, 2.24) is 9.80 Å². The number of benzene rings is 1. The lowest BCUT2D eigenvalue weighted by Gasteiger charge is -2.18. The molecule has 0 atom stereocenters. The average molecular weight is 357 g/mol. The van der Waals surface area contributed by atoms with Crippen LogP contribution in [-0.4, -0.2) is 52.4 Å². The zero-order valence-corrected chi connectivity index (χ0v) is 14.4. The van der Waals surface area contributed by atoms with Crippen molar-refractivity contribution >= 4 is 35.2 Å². The maximum Gasteiger partial charge on any atom is 0.334 e. The van der Waals surface area contributed by atoms with Crippen molar-refractivity contribution in [2.24, 2.45) is 0 Å². The number of hydrogen-bond donors (Lipinski definition) is 1. The molecule has 136 valence electrons. The molecule has 3 rings (SSSR count). The molecule has 2 aliphatic heterocycles. The van der Waals surface area contributed by atoms with E-state index in [4.69, 9.17) is 0 Å². The highest BCUT2D eigenvalue weighted by molar-refractivity contribution is 6.45. The number of aryl methyl sites for hydroxylation is 1. The molecular weight excluding hydrogens is 338 g/mol. The number of hydrogen-bond acceptors (Lipinski definition) is 5. The van der Waals surface area contributed by atoms with Gasteiger partial charge in [0.05, 0.1) is 6.54 Å². The van der Waals surface area contributed by atoms with Gasteiger partial charge in [0.1, 0.15) is 0 Å². The molecule has 26 heavy (non-hydrogen) atoms. The zero-order valence-electron chi connectivity index (χ0n) is 14.4. The van der Waals surface area contributed by atoms with Gasteiger partial charge in [-0.1, -0.05) is 13.3 Å². The maximum atomic E-state index is 12.5. The van der Waals surface area contributed by atoms with Gasteiger partial charge in [0.15, 0.2) is 5.78 Å². The second-order valence-corrected chi connectivity index (χ2v) is 6.33. The molecule has 0 aliphatic carbocycles. The number of fused-ring (bicyclic) bond motifs is 1. The first kappa shape index (κ1) is 17.8. The summed E-state index contributed by atoms with van der Waals surface area (Å²) < 4.78 is 0. The summed E-state index contributed by atoms with van der Waals surface area (Å²) in [5.74, 6) is -2.36. The summed E-state index contributed by atoms with van der Waals surface area (Å²) in [6.45, 7) is 1.60. The van der Waals surface area contributed by atoms with Gasteiger partial charge in [-0.2, -0.15) is 0 Å². The second-order valence-electron chi connectivity index (χ2n) is 6.33. The number of imide groups is 2. The Morgan fingerprint density at radius 2 is 1.81 bits per heavy atom. The van der Waals surface area contributed by atoms with E-state index in [0.29, 0.717) is 35.4 Å². The lowest BCUT2D eigenvalue weighted by Crippen LogP contribution is -2.37. The summed E-state index contributed by atoms with van der Waals surface area (Å²) >= 11 is 0. The lowest BCUT2D eigenvalue weighted by molar-refractivity contribution is -0.143. The predicted octanol–water partition coefficient (Wildman–Crippen LogP) is 1.34. The van der Waals surface area contributed by atoms with Crippen LogP contribution < -0.4 is 5.32 Å². The van der Waals surface area contributed by atoms with Gasteiger partial charge in [0.2, 0.25) is 5.91 Å². The van der Waals surface area contributed by atoms with Crippen LogP contribution in [0.2, 0.25) is 0 Å². The maximum absolute atomic E-state index is 12.5. The first-order chi connectivity index (χ1) is 12.4. The highest BCUT2D eigenvalue weighted by Gasteiger charge is 2.44. The summed E-state index contributed by atoms with van der Waals surface area (Å²) in [6, 6.07) is 4.08. The highest BCUT2D eigenvalue weighted by atomic mass is 16.2. The number of rotatable bonds is 6. The molecule has 2 heterocycles. The fourth-order valence-electron chi connectivity index (χ4n) is 2.99. The first-order valence-electron chi connectivity index (χ1n) is 8.55. The molecule has 1 saturated heterocycles. The van der Waals surface area contributed by atoms with Crippen LogP contribution in [0.25, 0.3) is 0 Å². The minimum Gasteiger partial charge on any atom is -0.326 e. The molecular formula is C18H19N3O5. The van der Waals surface area contributed by atoms with Crippen LogP contribution in [-0.2, 0) is 20.8 Å². The van der Waals surface area contributed by atoms with Gasteiger partial charge in [-0.25, -0.2) is 9.69 Å². The first-order valence-corrected chi connectivity index (χ1v) is 8.55. The second kappa shape index (κ2) is 7.07. The van der Waals surface area contributed by atoms with E-state index < -0.39 is 30.2 Å². The van der Waals surface area contributed by atoms with E-state index in [0.717, 1.165) is 16.9 Å². The molecule has 1 fully saturated rings. The summed E-state index contributed by atoms with van der Waals surface area (Å²) in [6.07, 6.45) is 2.24. The van der Waals surface area contributed by atoms with Gasteiger partial charge in [-0.3, -0.25) is 24.1 Å². The fourth-order valence-corrected chi connectivity index (χ4v) is 2.99. The van der Waals surface area contributed by atoms with Gasteiger partial charge in [-0.05, 0) is 36.6 Å². The van der Waals surface area contributed by atoms with E-state index in [1.165, 1.54) is 6.07 Å². The van der Waals surface area contributed by atoms with Gasteiger partial charge in [0, 0.05) is 24.2 Å². The lowest BCUT2D eigenvalue weighted by atomic mass is 9.98. The molecule has 0 bridgehead atoms. The number of nitrogens with one attached hydrogen (secondary N) is 1. The Bertz CT molecular complexity index is 817. The number of Topliss-reactive ketones (excluding diaryl/α,β-unsaturated/α-hetero) is 1. The number of carbonyl (C=O) groups is 5. The van der Waals surface area contributed by atoms with Crippen LogP contribution >= 0.6 is 0 Å². The normalized spacial score (nSPS) is 16.8. The van der Waals surface area contributed by atoms with Gasteiger partial charge in [-0.15, -0.1) is 0 Å². The molecule has 0 saturated carbocycles. The van der Waals surface area contributed by atoms with Crippen molar-refractivity contribution in [3.05, 3.63) is 29.3 Å². The number of carbonyl (C=O) groups excluding carboxylic acids is 5. The molecule has 5 amide bonds. The minimum absolute atomic E-state index is 0.0736. The SMILES string of the molecule is CCCCN1C(=O)C(=O)N(CC(=O)c2ccc3c(c2)CCC(=O)N3)C1=O. The smallest absolute Gasteiger partial charge is 0.326 e. The standard InChI is InChI=1S/C18H19N3O5/c1-2-3-8-20-16(24)17(25)21(18(20)26)10-14(22)12-4-6-13-11(9-12)5-7-15(23)19-13/h4,6,9H,2-3,5,7-8,10H2,1H3,(H,19,23). The van der Waals surface area contributed by atoms with Crippen molar-refractivity contribution in [2.45, 2.75) is 32.6 Å². The van der Waals surface area contributed by atoms with Gasteiger partial charge < -0.3 is 5.32 Å². The number of ketones is 1. The molecule has 8 heteroatoms. The Morgan fingerprint density at radius 1 is 1.08 bits per heavy atom. The van der Waals surface area contributed by atoms with Crippen molar-refractivity contribution < 1.29 is 24.0 Å². The Labute approximate surface area is 150 Å². The third-order valence-electron chi connectivity index (χ3n) is 4.49. The molecule has 0 unspecified atom stereocenters. The number of nitrogens with zero attached hydrogens (tertiary/aromatic N) is 2. The number of amides is 5. The molecule has 2 aliphatic rings. The Kier molecular flexibility index (Phi) is 4.83. The number of unbranched alkanes of at least 4 members (excludes halogenated alkanes) is 1. The van der Waals surface area contributed by atoms with E-state index in [9.17, 15) is 24.0 Å². The highest BCUT2D eigenvalue weighted by Crippen LogP contribution is 2.24. The predicted molar refractivity (Wildman–Crippen MR) is 91.5 cm³/mol. The summed E-state index contributed by atoms with van der Waals surface area (Å²) in [5.41, 5.74) is 1.82. The van der Waals surface area contributed by atoms with Crippen LogP contribution in [0.1, 0.15) is 42.1 Å². The van der Waals surface area contributed by atoms with Gasteiger partial charge in [0.25, 0.3) is 0 Å². The molecule has 1 aromatic rings. The van der Waals surface area contributed by atoms with E-state index in [-0.39, 0.29) is 12.5 Å². The van der Waals surface area contributed by atoms with Crippen LogP contribution in [0.3, 0.4) is 0 Å². The van der Waals surface area contributed by atoms with Crippen molar-refractivity contribution in [1.29, 1.82) is 0 Å². The Balaban J connectivity index is 1.74. The summed E-state index contributed by atoms with van der Waals surface area (Å²) in [7, 11) is 0. The summed E-state index contributed by atoms with van der Waals surface area (Å²) in [5, 5.41) is 2.72.